The topological polar surface area (TPSA) is 69.9 Å². The van der Waals surface area contributed by atoms with Crippen molar-refractivity contribution in [2.75, 3.05) is 6.61 Å². The van der Waals surface area contributed by atoms with Gasteiger partial charge in [0.15, 0.2) is 4.80 Å². The second kappa shape index (κ2) is 10.7. The number of ether oxygens (including phenoxy) is 2. The van der Waals surface area contributed by atoms with E-state index in [1.807, 2.05) is 29.6 Å². The molecule has 0 spiro atoms. The van der Waals surface area contributed by atoms with Crippen molar-refractivity contribution in [3.8, 4) is 5.75 Å². The minimum atomic E-state index is -0.591. The first-order valence-electron chi connectivity index (χ1n) is 11.7. The molecule has 3 heterocycles. The molecule has 0 saturated carbocycles. The smallest absolute Gasteiger partial charge is 0.338 e. The van der Waals surface area contributed by atoms with Gasteiger partial charge in [-0.15, -0.1) is 11.3 Å². The SMILES string of the molecule is CCOC(=O)C1=C(C)N=c2s/c(=C\c3ccc(OCc4ccccc4F)cc3)c(=O)n2[C@@H]1c1cccs1. The van der Waals surface area contributed by atoms with Crippen molar-refractivity contribution >= 4 is 34.7 Å². The number of aromatic nitrogens is 1. The molecule has 6 nitrogen and oxygen atoms in total. The molecule has 188 valence electrons. The zero-order valence-corrected chi connectivity index (χ0v) is 21.8. The van der Waals surface area contributed by atoms with E-state index < -0.39 is 12.0 Å². The van der Waals surface area contributed by atoms with Crippen LogP contribution in [0.15, 0.2) is 87.1 Å². The van der Waals surface area contributed by atoms with Gasteiger partial charge >= 0.3 is 5.97 Å². The van der Waals surface area contributed by atoms with Gasteiger partial charge in [0.1, 0.15) is 24.2 Å². The highest BCUT2D eigenvalue weighted by Gasteiger charge is 2.33. The number of carbonyl (C=O) groups excluding carboxylic acids is 1. The van der Waals surface area contributed by atoms with Crippen LogP contribution in [0, 0.1) is 5.82 Å². The molecule has 1 aliphatic rings. The molecular weight excluding hydrogens is 511 g/mol. The fraction of sp³-hybridized carbons (Fsp3) is 0.179. The van der Waals surface area contributed by atoms with Crippen LogP contribution < -0.4 is 19.6 Å². The van der Waals surface area contributed by atoms with Crippen molar-refractivity contribution in [3.63, 3.8) is 0 Å². The molecule has 37 heavy (non-hydrogen) atoms. The third kappa shape index (κ3) is 5.05. The fourth-order valence-electron chi connectivity index (χ4n) is 4.10. The third-order valence-electron chi connectivity index (χ3n) is 5.86. The van der Waals surface area contributed by atoms with Crippen molar-refractivity contribution in [3.05, 3.63) is 119 Å². The van der Waals surface area contributed by atoms with Gasteiger partial charge in [-0.2, -0.15) is 0 Å². The fourth-order valence-corrected chi connectivity index (χ4v) is 5.97. The van der Waals surface area contributed by atoms with E-state index in [9.17, 15) is 14.0 Å². The summed E-state index contributed by atoms with van der Waals surface area (Å²) < 4.78 is 26.9. The van der Waals surface area contributed by atoms with Crippen LogP contribution in [0.25, 0.3) is 6.08 Å². The Hall–Kier alpha value is -3.82. The maximum atomic E-state index is 13.8. The minimum absolute atomic E-state index is 0.121. The number of rotatable bonds is 7. The van der Waals surface area contributed by atoms with Gasteiger partial charge in [0, 0.05) is 10.4 Å². The molecule has 4 aromatic rings. The number of hydrogen-bond donors (Lipinski definition) is 0. The lowest BCUT2D eigenvalue weighted by Gasteiger charge is -2.23. The standard InChI is InChI=1S/C28H23FN2O4S2/c1-3-34-27(33)24-17(2)30-28-31(25(24)22-9-6-14-36-22)26(32)23(37-28)15-18-10-12-20(13-11-18)35-16-19-7-4-5-8-21(19)29/h4-15,25H,3,16H2,1-2H3/b23-15-/t25-/m1/s1. The van der Waals surface area contributed by atoms with E-state index in [1.54, 1.807) is 54.8 Å². The van der Waals surface area contributed by atoms with Crippen LogP contribution in [-0.4, -0.2) is 17.1 Å². The molecule has 2 aromatic carbocycles. The van der Waals surface area contributed by atoms with Gasteiger partial charge in [0.2, 0.25) is 0 Å². The van der Waals surface area contributed by atoms with Gasteiger partial charge in [0.25, 0.3) is 5.56 Å². The molecule has 2 aromatic heterocycles. The number of carbonyl (C=O) groups is 1. The average molecular weight is 535 g/mol. The Morgan fingerprint density at radius 2 is 1.92 bits per heavy atom. The Morgan fingerprint density at radius 3 is 2.62 bits per heavy atom. The molecule has 1 atom stereocenters. The highest BCUT2D eigenvalue weighted by Crippen LogP contribution is 2.33. The van der Waals surface area contributed by atoms with Crippen molar-refractivity contribution in [1.82, 2.24) is 4.57 Å². The largest absolute Gasteiger partial charge is 0.489 e. The molecule has 0 N–H and O–H groups in total. The van der Waals surface area contributed by atoms with E-state index in [0.717, 1.165) is 10.4 Å². The summed E-state index contributed by atoms with van der Waals surface area (Å²) >= 11 is 2.75. The number of hydrogen-bond acceptors (Lipinski definition) is 7. The molecule has 5 rings (SSSR count). The highest BCUT2D eigenvalue weighted by atomic mass is 32.1. The number of fused-ring (bicyclic) bond motifs is 1. The van der Waals surface area contributed by atoms with Gasteiger partial charge in [-0.1, -0.05) is 47.7 Å². The van der Waals surface area contributed by atoms with Crippen LogP contribution in [0.1, 0.15) is 35.9 Å². The van der Waals surface area contributed by atoms with Crippen LogP contribution >= 0.6 is 22.7 Å². The Kier molecular flexibility index (Phi) is 7.16. The molecule has 9 heteroatoms. The second-order valence-corrected chi connectivity index (χ2v) is 10.3. The summed E-state index contributed by atoms with van der Waals surface area (Å²) in [4.78, 5) is 32.4. The first kappa shape index (κ1) is 24.9. The van der Waals surface area contributed by atoms with Crippen LogP contribution in [0.4, 0.5) is 4.39 Å². The normalized spacial score (nSPS) is 15.3. The average Bonchev–Trinajstić information content (AvgIpc) is 3.52. The maximum absolute atomic E-state index is 13.8. The summed E-state index contributed by atoms with van der Waals surface area (Å²) in [6, 6.07) is 16.9. The van der Waals surface area contributed by atoms with Gasteiger partial charge in [-0.25, -0.2) is 14.2 Å². The molecule has 1 aliphatic heterocycles. The number of esters is 1. The van der Waals surface area contributed by atoms with E-state index in [2.05, 4.69) is 4.99 Å². The van der Waals surface area contributed by atoms with Crippen LogP contribution in [0.2, 0.25) is 0 Å². The van der Waals surface area contributed by atoms with E-state index in [1.165, 1.54) is 28.7 Å². The monoisotopic (exact) mass is 534 g/mol. The summed E-state index contributed by atoms with van der Waals surface area (Å²) in [6.07, 6.45) is 1.79. The second-order valence-electron chi connectivity index (χ2n) is 8.27. The number of thiazole rings is 1. The molecule has 0 amide bonds. The molecule has 0 radical (unpaired) electrons. The Morgan fingerprint density at radius 1 is 1.14 bits per heavy atom. The van der Waals surface area contributed by atoms with E-state index in [0.29, 0.717) is 31.9 Å². The van der Waals surface area contributed by atoms with E-state index in [4.69, 9.17) is 9.47 Å². The Bertz CT molecular complexity index is 1650. The zero-order chi connectivity index (χ0) is 25.9. The number of allylic oxidation sites excluding steroid dienone is 1. The number of thiophene rings is 1. The molecule has 0 aliphatic carbocycles. The maximum Gasteiger partial charge on any atom is 0.338 e. The van der Waals surface area contributed by atoms with Gasteiger partial charge in [-0.3, -0.25) is 9.36 Å². The lowest BCUT2D eigenvalue weighted by Crippen LogP contribution is -2.39. The highest BCUT2D eigenvalue weighted by molar-refractivity contribution is 7.10. The molecule has 0 bridgehead atoms. The van der Waals surface area contributed by atoms with E-state index >= 15 is 0 Å². The third-order valence-corrected chi connectivity index (χ3v) is 7.77. The quantitative estimate of drug-likeness (QED) is 0.326. The van der Waals surface area contributed by atoms with Crippen LogP contribution in [-0.2, 0) is 16.1 Å². The molecule has 0 saturated heterocycles. The number of halogens is 1. The lowest BCUT2D eigenvalue weighted by molar-refractivity contribution is -0.139. The van der Waals surface area contributed by atoms with Crippen molar-refractivity contribution in [2.24, 2.45) is 4.99 Å². The molecule has 0 unspecified atom stereocenters. The van der Waals surface area contributed by atoms with Crippen LogP contribution in [0.5, 0.6) is 5.75 Å². The van der Waals surface area contributed by atoms with Crippen molar-refractivity contribution in [1.29, 1.82) is 0 Å². The first-order valence-corrected chi connectivity index (χ1v) is 13.3. The zero-order valence-electron chi connectivity index (χ0n) is 20.1. The summed E-state index contributed by atoms with van der Waals surface area (Å²) in [5, 5.41) is 1.92. The molecular formula is C28H23FN2O4S2. The summed E-state index contributed by atoms with van der Waals surface area (Å²) in [6.45, 7) is 3.87. The minimum Gasteiger partial charge on any atom is -0.489 e. The van der Waals surface area contributed by atoms with E-state index in [-0.39, 0.29) is 24.6 Å². The summed E-state index contributed by atoms with van der Waals surface area (Å²) in [7, 11) is 0. The van der Waals surface area contributed by atoms with Crippen molar-refractivity contribution < 1.29 is 18.7 Å². The van der Waals surface area contributed by atoms with Crippen LogP contribution in [0.3, 0.4) is 0 Å². The predicted octanol–water partition coefficient (Wildman–Crippen LogP) is 4.58. The lowest BCUT2D eigenvalue weighted by atomic mass is 10.0. The Labute approximate surface area is 220 Å². The summed E-state index contributed by atoms with van der Waals surface area (Å²) in [5.41, 5.74) is 1.97. The van der Waals surface area contributed by atoms with Crippen molar-refractivity contribution in [2.45, 2.75) is 26.5 Å². The number of benzene rings is 2. The number of nitrogens with zero attached hydrogens (tertiary/aromatic N) is 2. The van der Waals surface area contributed by atoms with Gasteiger partial charge in [0.05, 0.1) is 22.4 Å². The Balaban J connectivity index is 1.47. The summed E-state index contributed by atoms with van der Waals surface area (Å²) in [5.74, 6) is -0.187. The molecule has 0 fully saturated rings. The predicted molar refractivity (Wildman–Crippen MR) is 142 cm³/mol. The van der Waals surface area contributed by atoms with Gasteiger partial charge < -0.3 is 9.47 Å². The van der Waals surface area contributed by atoms with Gasteiger partial charge in [-0.05, 0) is 55.1 Å². The first-order chi connectivity index (χ1) is 18.0.